The van der Waals surface area contributed by atoms with Gasteiger partial charge in [-0.1, -0.05) is 15.9 Å². The fraction of sp³-hybridized carbons (Fsp3) is 0.381. The van der Waals surface area contributed by atoms with Crippen LogP contribution in [0.5, 0.6) is 5.75 Å². The second-order valence-electron chi connectivity index (χ2n) is 7.33. The maximum atomic E-state index is 12.9. The van der Waals surface area contributed by atoms with Gasteiger partial charge in [-0.3, -0.25) is 14.4 Å². The van der Waals surface area contributed by atoms with Gasteiger partial charge in [-0.15, -0.1) is 0 Å². The first-order valence-electron chi connectivity index (χ1n) is 9.45. The largest absolute Gasteiger partial charge is 0.483 e. The molecule has 0 saturated carbocycles. The first kappa shape index (κ1) is 18.9. The van der Waals surface area contributed by atoms with Crippen LogP contribution in [0.4, 0.5) is 0 Å². The van der Waals surface area contributed by atoms with Crippen LogP contribution in [0.15, 0.2) is 45.2 Å². The van der Waals surface area contributed by atoms with Crippen LogP contribution in [-0.2, 0) is 14.4 Å². The van der Waals surface area contributed by atoms with Crippen molar-refractivity contribution in [3.8, 4) is 5.75 Å². The summed E-state index contributed by atoms with van der Waals surface area (Å²) >= 11 is 3.48. The van der Waals surface area contributed by atoms with Gasteiger partial charge in [0.25, 0.3) is 5.91 Å². The van der Waals surface area contributed by atoms with Crippen molar-refractivity contribution in [3.63, 3.8) is 0 Å². The highest BCUT2D eigenvalue weighted by molar-refractivity contribution is 9.10. The maximum Gasteiger partial charge on any atom is 0.255 e. The number of primary amides is 1. The van der Waals surface area contributed by atoms with Crippen LogP contribution < -0.4 is 15.8 Å². The maximum absolute atomic E-state index is 12.9. The summed E-state index contributed by atoms with van der Waals surface area (Å²) in [6.45, 7) is -0.265. The average molecular weight is 445 g/mol. The normalized spacial score (nSPS) is 19.9. The summed E-state index contributed by atoms with van der Waals surface area (Å²) in [6, 6.07) is 5.41. The van der Waals surface area contributed by atoms with Gasteiger partial charge in [0.1, 0.15) is 5.75 Å². The van der Waals surface area contributed by atoms with Gasteiger partial charge in [-0.2, -0.15) is 0 Å². The summed E-state index contributed by atoms with van der Waals surface area (Å²) in [7, 11) is 0. The number of allylic oxidation sites excluding steroid dienone is 4. The number of ether oxygens (including phenoxy) is 1. The van der Waals surface area contributed by atoms with Crippen molar-refractivity contribution in [2.75, 3.05) is 6.61 Å². The molecule has 1 heterocycles. The molecule has 0 radical (unpaired) electrons. The Bertz CT molecular complexity index is 906. The fourth-order valence-electron chi connectivity index (χ4n) is 4.32. The summed E-state index contributed by atoms with van der Waals surface area (Å²) in [5.74, 6) is -0.480. The van der Waals surface area contributed by atoms with Crippen LogP contribution in [0.2, 0.25) is 0 Å². The van der Waals surface area contributed by atoms with Gasteiger partial charge < -0.3 is 15.8 Å². The molecule has 0 bridgehead atoms. The molecule has 146 valence electrons. The Kier molecular flexibility index (Phi) is 5.10. The molecular formula is C21H21BrN2O4. The molecule has 6 nitrogen and oxygen atoms in total. The number of hydrogen-bond donors (Lipinski definition) is 2. The fourth-order valence-corrected chi connectivity index (χ4v) is 4.70. The Morgan fingerprint density at radius 2 is 1.68 bits per heavy atom. The van der Waals surface area contributed by atoms with Crippen molar-refractivity contribution in [3.05, 3.63) is 50.8 Å². The molecule has 28 heavy (non-hydrogen) atoms. The Morgan fingerprint density at radius 1 is 1.07 bits per heavy atom. The van der Waals surface area contributed by atoms with Crippen molar-refractivity contribution >= 4 is 33.4 Å². The Morgan fingerprint density at radius 3 is 2.25 bits per heavy atom. The lowest BCUT2D eigenvalue weighted by Crippen LogP contribution is -2.36. The number of amides is 1. The molecule has 3 N–H and O–H groups in total. The Hall–Kier alpha value is -2.41. The number of Topliss-reactive ketones (excluding diaryl/α,β-unsaturated/α-hetero) is 2. The highest BCUT2D eigenvalue weighted by Crippen LogP contribution is 2.47. The van der Waals surface area contributed by atoms with Crippen LogP contribution in [0.1, 0.15) is 50.0 Å². The van der Waals surface area contributed by atoms with Crippen LogP contribution in [-0.4, -0.2) is 24.1 Å². The van der Waals surface area contributed by atoms with Gasteiger partial charge in [0.05, 0.1) is 0 Å². The van der Waals surface area contributed by atoms with Crippen LogP contribution in [0, 0.1) is 0 Å². The SMILES string of the molecule is NC(=O)COc1ccc(Br)cc1C1C2=C(CCCC2=O)NC2=C1C(=O)CCC2. The second kappa shape index (κ2) is 7.54. The van der Waals surface area contributed by atoms with E-state index in [-0.39, 0.29) is 18.2 Å². The number of carbonyl (C=O) groups is 3. The molecule has 0 fully saturated rings. The van der Waals surface area contributed by atoms with E-state index in [2.05, 4.69) is 21.2 Å². The highest BCUT2D eigenvalue weighted by Gasteiger charge is 2.41. The lowest BCUT2D eigenvalue weighted by atomic mass is 9.71. The summed E-state index contributed by atoms with van der Waals surface area (Å²) in [5, 5.41) is 3.39. The lowest BCUT2D eigenvalue weighted by Gasteiger charge is -2.37. The van der Waals surface area contributed by atoms with Crippen molar-refractivity contribution in [2.45, 2.75) is 44.4 Å². The van der Waals surface area contributed by atoms with E-state index in [0.29, 0.717) is 35.3 Å². The minimum Gasteiger partial charge on any atom is -0.483 e. The topological polar surface area (TPSA) is 98.5 Å². The molecule has 0 unspecified atom stereocenters. The zero-order valence-electron chi connectivity index (χ0n) is 15.3. The van der Waals surface area contributed by atoms with Gasteiger partial charge >= 0.3 is 0 Å². The van der Waals surface area contributed by atoms with Crippen molar-refractivity contribution in [1.29, 1.82) is 0 Å². The number of nitrogens with one attached hydrogen (secondary N) is 1. The van der Waals surface area contributed by atoms with Gasteiger partial charge in [0, 0.05) is 51.3 Å². The molecule has 1 amide bonds. The third kappa shape index (κ3) is 3.39. The molecule has 0 spiro atoms. The second-order valence-corrected chi connectivity index (χ2v) is 8.25. The molecule has 1 aromatic rings. The lowest BCUT2D eigenvalue weighted by molar-refractivity contribution is -0.120. The highest BCUT2D eigenvalue weighted by atomic mass is 79.9. The number of halogens is 1. The zero-order chi connectivity index (χ0) is 19.8. The quantitative estimate of drug-likeness (QED) is 0.743. The van der Waals surface area contributed by atoms with Crippen LogP contribution in [0.25, 0.3) is 0 Å². The Labute approximate surface area is 171 Å². The van der Waals surface area contributed by atoms with E-state index in [1.807, 2.05) is 6.07 Å². The third-order valence-corrected chi connectivity index (χ3v) is 5.94. The number of dihydropyridines is 1. The molecule has 1 aromatic carbocycles. The predicted molar refractivity (Wildman–Crippen MR) is 106 cm³/mol. The Balaban J connectivity index is 1.90. The van der Waals surface area contributed by atoms with E-state index < -0.39 is 11.8 Å². The minimum atomic E-state index is -0.582. The van der Waals surface area contributed by atoms with Crippen molar-refractivity contribution in [2.24, 2.45) is 5.73 Å². The van der Waals surface area contributed by atoms with Gasteiger partial charge in [-0.25, -0.2) is 0 Å². The zero-order valence-corrected chi connectivity index (χ0v) is 16.9. The van der Waals surface area contributed by atoms with Crippen molar-refractivity contribution < 1.29 is 19.1 Å². The molecule has 0 saturated heterocycles. The van der Waals surface area contributed by atoms with E-state index in [9.17, 15) is 14.4 Å². The van der Waals surface area contributed by atoms with E-state index in [0.717, 1.165) is 41.6 Å². The van der Waals surface area contributed by atoms with Crippen LogP contribution in [0.3, 0.4) is 0 Å². The first-order chi connectivity index (χ1) is 13.5. The number of ketones is 2. The van der Waals surface area contributed by atoms with E-state index >= 15 is 0 Å². The summed E-state index contributed by atoms with van der Waals surface area (Å²) < 4.78 is 6.46. The monoisotopic (exact) mass is 444 g/mol. The summed E-state index contributed by atoms with van der Waals surface area (Å²) in [5.41, 5.74) is 9.09. The molecule has 0 aromatic heterocycles. The van der Waals surface area contributed by atoms with Gasteiger partial charge in [0.2, 0.25) is 0 Å². The van der Waals surface area contributed by atoms with E-state index in [1.54, 1.807) is 12.1 Å². The molecule has 1 aliphatic heterocycles. The first-order valence-corrected chi connectivity index (χ1v) is 10.2. The number of benzene rings is 1. The molecular weight excluding hydrogens is 424 g/mol. The number of nitrogens with two attached hydrogens (primary N) is 1. The third-order valence-electron chi connectivity index (χ3n) is 5.44. The molecule has 0 atom stereocenters. The number of rotatable bonds is 4. The molecule has 4 rings (SSSR count). The number of carbonyl (C=O) groups excluding carboxylic acids is 3. The minimum absolute atomic E-state index is 0.0597. The van der Waals surface area contributed by atoms with Gasteiger partial charge in [-0.05, 0) is 43.9 Å². The summed E-state index contributed by atoms with van der Waals surface area (Å²) in [6.07, 6.45) is 4.12. The van der Waals surface area contributed by atoms with Crippen molar-refractivity contribution in [1.82, 2.24) is 5.32 Å². The van der Waals surface area contributed by atoms with Gasteiger partial charge in [0.15, 0.2) is 18.2 Å². The molecule has 2 aliphatic carbocycles. The smallest absolute Gasteiger partial charge is 0.255 e. The van der Waals surface area contributed by atoms with E-state index in [1.165, 1.54) is 0 Å². The average Bonchev–Trinajstić information content (AvgIpc) is 2.66. The summed E-state index contributed by atoms with van der Waals surface area (Å²) in [4.78, 5) is 37.0. The van der Waals surface area contributed by atoms with Crippen LogP contribution >= 0.6 is 15.9 Å². The predicted octanol–water partition coefficient (Wildman–Crippen LogP) is 3.01. The number of hydrogen-bond acceptors (Lipinski definition) is 5. The van der Waals surface area contributed by atoms with E-state index in [4.69, 9.17) is 10.5 Å². The standard InChI is InChI=1S/C21H21BrN2O4/c22-11-7-8-17(28-10-18(23)27)12(9-11)19-20-13(3-1-5-15(20)25)24-14-4-2-6-16(26)21(14)19/h7-9,19,24H,1-6,10H2,(H2,23,27). The molecule has 7 heteroatoms. The molecule has 3 aliphatic rings.